The van der Waals surface area contributed by atoms with E-state index >= 15 is 0 Å². The van der Waals surface area contributed by atoms with Gasteiger partial charge in [0.2, 0.25) is 0 Å². The zero-order chi connectivity index (χ0) is 12.5. The Labute approximate surface area is 104 Å². The maximum atomic E-state index is 5.99. The summed E-state index contributed by atoms with van der Waals surface area (Å²) in [5.74, 6) is 0.988. The highest BCUT2D eigenvalue weighted by atomic mass is 16.5. The average Bonchev–Trinajstić information content (AvgIpc) is 2.23. The minimum absolute atomic E-state index is 0.169. The molecule has 0 aromatic heterocycles. The molecule has 0 fully saturated rings. The monoisotopic (exact) mass is 234 g/mol. The summed E-state index contributed by atoms with van der Waals surface area (Å²) >= 11 is 0. The first-order chi connectivity index (χ1) is 8.03. The molecule has 1 heterocycles. The molecule has 2 heteroatoms. The molecular formula is C15H22O2. The highest BCUT2D eigenvalue weighted by molar-refractivity contribution is 5.45. The van der Waals surface area contributed by atoms with Crippen LogP contribution in [0.1, 0.15) is 40.5 Å². The van der Waals surface area contributed by atoms with E-state index in [2.05, 4.69) is 45.9 Å². The van der Waals surface area contributed by atoms with E-state index in [-0.39, 0.29) is 11.7 Å². The van der Waals surface area contributed by atoms with Crippen LogP contribution in [0.4, 0.5) is 0 Å². The van der Waals surface area contributed by atoms with Crippen LogP contribution in [0, 0.1) is 0 Å². The normalized spacial score (nSPS) is 26.4. The molecule has 0 aromatic carbocycles. The van der Waals surface area contributed by atoms with Crippen molar-refractivity contribution in [2.45, 2.75) is 52.2 Å². The highest BCUT2D eigenvalue weighted by Crippen LogP contribution is 2.36. The smallest absolute Gasteiger partial charge is 0.126 e. The Balaban J connectivity index is 2.25. The predicted octanol–water partition coefficient (Wildman–Crippen LogP) is 3.75. The molecule has 2 aliphatic rings. The van der Waals surface area contributed by atoms with E-state index in [1.807, 2.05) is 0 Å². The van der Waals surface area contributed by atoms with E-state index < -0.39 is 0 Å². The van der Waals surface area contributed by atoms with Gasteiger partial charge in [0.15, 0.2) is 0 Å². The number of hydrogen-bond acceptors (Lipinski definition) is 2. The molecule has 1 aliphatic heterocycles. The zero-order valence-corrected chi connectivity index (χ0v) is 11.2. The highest BCUT2D eigenvalue weighted by Gasteiger charge is 2.31. The lowest BCUT2D eigenvalue weighted by Gasteiger charge is -2.35. The summed E-state index contributed by atoms with van der Waals surface area (Å²) in [4.78, 5) is 0. The van der Waals surface area contributed by atoms with Crippen molar-refractivity contribution in [1.29, 1.82) is 0 Å². The molecule has 0 saturated heterocycles. The number of hydrogen-bond donors (Lipinski definition) is 0. The Morgan fingerprint density at radius 1 is 1.47 bits per heavy atom. The van der Waals surface area contributed by atoms with E-state index in [0.717, 1.165) is 25.2 Å². The van der Waals surface area contributed by atoms with Crippen LogP contribution in [-0.4, -0.2) is 18.3 Å². The standard InChI is InChI=1S/C15H22O2/c1-5-9-16-12-7-6-8-13-14(12)11(2)10-15(3,4)17-13/h6,8,10,12H,5,7,9H2,1-4H3/t12-/m1/s1. The first-order valence-electron chi connectivity index (χ1n) is 6.44. The third-order valence-electron chi connectivity index (χ3n) is 3.09. The maximum absolute atomic E-state index is 5.99. The molecule has 1 atom stereocenters. The van der Waals surface area contributed by atoms with Gasteiger partial charge in [-0.05, 0) is 51.3 Å². The van der Waals surface area contributed by atoms with Crippen LogP contribution in [-0.2, 0) is 9.47 Å². The summed E-state index contributed by atoms with van der Waals surface area (Å²) in [5, 5.41) is 0. The second-order valence-electron chi connectivity index (χ2n) is 5.31. The molecule has 17 heavy (non-hydrogen) atoms. The first kappa shape index (κ1) is 12.4. The summed E-state index contributed by atoms with van der Waals surface area (Å²) in [6, 6.07) is 0. The van der Waals surface area contributed by atoms with Crippen LogP contribution in [0.3, 0.4) is 0 Å². The van der Waals surface area contributed by atoms with Gasteiger partial charge in [-0.15, -0.1) is 0 Å². The Bertz CT molecular complexity index is 386. The maximum Gasteiger partial charge on any atom is 0.126 e. The van der Waals surface area contributed by atoms with Crippen LogP contribution in [0.15, 0.2) is 35.1 Å². The summed E-state index contributed by atoms with van der Waals surface area (Å²) in [7, 11) is 0. The number of allylic oxidation sites excluding steroid dienone is 1. The van der Waals surface area contributed by atoms with E-state index in [1.54, 1.807) is 0 Å². The molecule has 94 valence electrons. The summed E-state index contributed by atoms with van der Waals surface area (Å²) < 4.78 is 11.9. The Morgan fingerprint density at radius 2 is 2.24 bits per heavy atom. The van der Waals surface area contributed by atoms with Crippen LogP contribution in [0.2, 0.25) is 0 Å². The summed E-state index contributed by atoms with van der Waals surface area (Å²) in [6.45, 7) is 9.28. The molecule has 0 amide bonds. The number of rotatable bonds is 3. The van der Waals surface area contributed by atoms with Crippen molar-refractivity contribution in [1.82, 2.24) is 0 Å². The Morgan fingerprint density at radius 3 is 2.94 bits per heavy atom. The largest absolute Gasteiger partial charge is 0.483 e. The molecular weight excluding hydrogens is 212 g/mol. The van der Waals surface area contributed by atoms with Crippen LogP contribution in [0.25, 0.3) is 0 Å². The molecule has 0 N–H and O–H groups in total. The topological polar surface area (TPSA) is 18.5 Å². The predicted molar refractivity (Wildman–Crippen MR) is 69.7 cm³/mol. The van der Waals surface area contributed by atoms with Gasteiger partial charge in [0.1, 0.15) is 11.4 Å². The average molecular weight is 234 g/mol. The van der Waals surface area contributed by atoms with Crippen LogP contribution < -0.4 is 0 Å². The Hall–Kier alpha value is -1.02. The fourth-order valence-electron chi connectivity index (χ4n) is 2.53. The molecule has 0 aromatic rings. The molecule has 0 unspecified atom stereocenters. The lowest BCUT2D eigenvalue weighted by molar-refractivity contribution is 0.0489. The van der Waals surface area contributed by atoms with Gasteiger partial charge in [0, 0.05) is 12.2 Å². The minimum atomic E-state index is -0.208. The third kappa shape index (κ3) is 2.63. The second kappa shape index (κ2) is 4.69. The van der Waals surface area contributed by atoms with Gasteiger partial charge in [0.25, 0.3) is 0 Å². The van der Waals surface area contributed by atoms with Gasteiger partial charge in [-0.1, -0.05) is 13.0 Å². The summed E-state index contributed by atoms with van der Waals surface area (Å²) in [6.07, 6.45) is 8.59. The van der Waals surface area contributed by atoms with Crippen LogP contribution in [0.5, 0.6) is 0 Å². The van der Waals surface area contributed by atoms with Crippen molar-refractivity contribution < 1.29 is 9.47 Å². The molecule has 0 radical (unpaired) electrons. The minimum Gasteiger partial charge on any atom is -0.483 e. The van der Waals surface area contributed by atoms with Crippen molar-refractivity contribution in [3.8, 4) is 0 Å². The van der Waals surface area contributed by atoms with E-state index in [4.69, 9.17) is 9.47 Å². The van der Waals surface area contributed by atoms with E-state index in [1.165, 1.54) is 11.1 Å². The fourth-order valence-corrected chi connectivity index (χ4v) is 2.53. The molecule has 0 spiro atoms. The molecule has 0 saturated carbocycles. The molecule has 0 bridgehead atoms. The van der Waals surface area contributed by atoms with Crippen molar-refractivity contribution in [2.75, 3.05) is 6.61 Å². The van der Waals surface area contributed by atoms with Gasteiger partial charge in [-0.25, -0.2) is 0 Å². The van der Waals surface area contributed by atoms with Gasteiger partial charge in [0.05, 0.1) is 6.10 Å². The van der Waals surface area contributed by atoms with Gasteiger partial charge >= 0.3 is 0 Å². The molecule has 2 nitrogen and oxygen atoms in total. The van der Waals surface area contributed by atoms with Crippen molar-refractivity contribution >= 4 is 0 Å². The quantitative estimate of drug-likeness (QED) is 0.740. The van der Waals surface area contributed by atoms with Crippen LogP contribution >= 0.6 is 0 Å². The fraction of sp³-hybridized carbons (Fsp3) is 0.600. The zero-order valence-electron chi connectivity index (χ0n) is 11.2. The van der Waals surface area contributed by atoms with Crippen molar-refractivity contribution in [2.24, 2.45) is 0 Å². The second-order valence-corrected chi connectivity index (χ2v) is 5.31. The first-order valence-corrected chi connectivity index (χ1v) is 6.44. The third-order valence-corrected chi connectivity index (χ3v) is 3.09. The molecule has 2 rings (SSSR count). The Kier molecular flexibility index (Phi) is 3.43. The van der Waals surface area contributed by atoms with Crippen molar-refractivity contribution in [3.63, 3.8) is 0 Å². The van der Waals surface area contributed by atoms with Gasteiger partial charge < -0.3 is 9.47 Å². The van der Waals surface area contributed by atoms with Gasteiger partial charge in [-0.3, -0.25) is 0 Å². The lowest BCUT2D eigenvalue weighted by Crippen LogP contribution is -2.31. The van der Waals surface area contributed by atoms with E-state index in [9.17, 15) is 0 Å². The van der Waals surface area contributed by atoms with Gasteiger partial charge in [-0.2, -0.15) is 0 Å². The SMILES string of the molecule is CCCO[C@@H]1CC=CC2=C1C(C)=CC(C)(C)O2. The molecule has 1 aliphatic carbocycles. The van der Waals surface area contributed by atoms with E-state index in [0.29, 0.717) is 0 Å². The van der Waals surface area contributed by atoms with Crippen molar-refractivity contribution in [3.05, 3.63) is 35.1 Å². The number of ether oxygens (including phenoxy) is 2. The lowest BCUT2D eigenvalue weighted by atomic mass is 9.88. The summed E-state index contributed by atoms with van der Waals surface area (Å²) in [5.41, 5.74) is 2.32.